The summed E-state index contributed by atoms with van der Waals surface area (Å²) in [5, 5.41) is 0. The van der Waals surface area contributed by atoms with E-state index in [1.54, 1.807) is 12.2 Å². The van der Waals surface area contributed by atoms with Gasteiger partial charge in [-0.05, 0) is 18.4 Å². The van der Waals surface area contributed by atoms with Crippen LogP contribution in [-0.2, 0) is 14.3 Å². The molecular weight excluding hydrogens is 176 g/mol. The Morgan fingerprint density at radius 2 is 2.25 bits per heavy atom. The van der Waals surface area contributed by atoms with Crippen LogP contribution >= 0.6 is 0 Å². The number of rotatable bonds is 2. The van der Waals surface area contributed by atoms with Gasteiger partial charge in [0.25, 0.3) is 10.1 Å². The SMILES string of the molecule is COS(=O)(=O)C1=CCC(C)C=C1. The van der Waals surface area contributed by atoms with Gasteiger partial charge in [0, 0.05) is 0 Å². The maximum Gasteiger partial charge on any atom is 0.296 e. The zero-order chi connectivity index (χ0) is 9.19. The van der Waals surface area contributed by atoms with E-state index in [0.717, 1.165) is 6.42 Å². The van der Waals surface area contributed by atoms with Crippen LogP contribution in [0.25, 0.3) is 0 Å². The molecule has 68 valence electrons. The molecule has 0 aliphatic heterocycles. The topological polar surface area (TPSA) is 43.4 Å². The lowest BCUT2D eigenvalue weighted by Crippen LogP contribution is -2.07. The molecule has 1 rings (SSSR count). The molecule has 1 atom stereocenters. The highest BCUT2D eigenvalue weighted by atomic mass is 32.2. The standard InChI is InChI=1S/C8H12O3S/c1-7-3-5-8(6-4-7)12(9,10)11-2/h3,5-7H,4H2,1-2H3. The van der Waals surface area contributed by atoms with Gasteiger partial charge in [0.05, 0.1) is 12.0 Å². The highest BCUT2D eigenvalue weighted by molar-refractivity contribution is 7.90. The van der Waals surface area contributed by atoms with Gasteiger partial charge >= 0.3 is 0 Å². The lowest BCUT2D eigenvalue weighted by Gasteiger charge is -2.10. The molecule has 0 aromatic rings. The summed E-state index contributed by atoms with van der Waals surface area (Å²) in [4.78, 5) is 0.267. The van der Waals surface area contributed by atoms with Crippen LogP contribution in [0, 0.1) is 5.92 Å². The third-order valence-electron chi connectivity index (χ3n) is 1.79. The van der Waals surface area contributed by atoms with E-state index in [-0.39, 0.29) is 4.91 Å². The Kier molecular flexibility index (Phi) is 2.69. The van der Waals surface area contributed by atoms with Gasteiger partial charge in [-0.25, -0.2) is 0 Å². The molecule has 0 fully saturated rings. The van der Waals surface area contributed by atoms with Gasteiger partial charge in [0.15, 0.2) is 0 Å². The molecule has 0 bridgehead atoms. The summed E-state index contributed by atoms with van der Waals surface area (Å²) >= 11 is 0. The maximum absolute atomic E-state index is 11.1. The Bertz CT molecular complexity index is 311. The van der Waals surface area contributed by atoms with Crippen molar-refractivity contribution in [2.75, 3.05) is 7.11 Å². The summed E-state index contributed by atoms with van der Waals surface area (Å²) in [6, 6.07) is 0. The fourth-order valence-electron chi connectivity index (χ4n) is 0.989. The van der Waals surface area contributed by atoms with E-state index in [2.05, 4.69) is 4.18 Å². The van der Waals surface area contributed by atoms with E-state index in [1.807, 2.05) is 13.0 Å². The first kappa shape index (κ1) is 9.48. The summed E-state index contributed by atoms with van der Waals surface area (Å²) in [7, 11) is -2.30. The van der Waals surface area contributed by atoms with Crippen molar-refractivity contribution in [2.24, 2.45) is 5.92 Å². The van der Waals surface area contributed by atoms with Gasteiger partial charge in [-0.3, -0.25) is 4.18 Å². The van der Waals surface area contributed by atoms with Crippen molar-refractivity contribution in [1.82, 2.24) is 0 Å². The summed E-state index contributed by atoms with van der Waals surface area (Å²) in [5.41, 5.74) is 0. The molecule has 0 aromatic carbocycles. The Labute approximate surface area is 72.9 Å². The molecule has 0 aromatic heterocycles. The third kappa shape index (κ3) is 1.95. The van der Waals surface area contributed by atoms with Crippen molar-refractivity contribution in [3.63, 3.8) is 0 Å². The van der Waals surface area contributed by atoms with Gasteiger partial charge in [0.2, 0.25) is 0 Å². The summed E-state index contributed by atoms with van der Waals surface area (Å²) < 4.78 is 26.6. The fraction of sp³-hybridized carbons (Fsp3) is 0.500. The molecule has 0 heterocycles. The minimum atomic E-state index is -3.47. The van der Waals surface area contributed by atoms with Crippen molar-refractivity contribution in [1.29, 1.82) is 0 Å². The van der Waals surface area contributed by atoms with Crippen LogP contribution in [-0.4, -0.2) is 15.5 Å². The predicted molar refractivity (Wildman–Crippen MR) is 46.9 cm³/mol. The lowest BCUT2D eigenvalue weighted by atomic mass is 10.0. The summed E-state index contributed by atoms with van der Waals surface area (Å²) in [6.07, 6.45) is 5.90. The molecule has 3 nitrogen and oxygen atoms in total. The van der Waals surface area contributed by atoms with Gasteiger partial charge in [-0.15, -0.1) is 0 Å². The average Bonchev–Trinajstić information content (AvgIpc) is 2.05. The first-order chi connectivity index (χ1) is 5.56. The second-order valence-electron chi connectivity index (χ2n) is 2.80. The monoisotopic (exact) mass is 188 g/mol. The maximum atomic E-state index is 11.1. The number of hydrogen-bond donors (Lipinski definition) is 0. The normalized spacial score (nSPS) is 23.8. The first-order valence-electron chi connectivity index (χ1n) is 3.75. The van der Waals surface area contributed by atoms with Crippen LogP contribution < -0.4 is 0 Å². The lowest BCUT2D eigenvalue weighted by molar-refractivity contribution is 0.404. The van der Waals surface area contributed by atoms with Crippen LogP contribution in [0.1, 0.15) is 13.3 Å². The Hall–Kier alpha value is -0.610. The highest BCUT2D eigenvalue weighted by Crippen LogP contribution is 2.20. The molecule has 0 amide bonds. The minimum Gasteiger partial charge on any atom is -0.270 e. The zero-order valence-corrected chi connectivity index (χ0v) is 7.97. The van der Waals surface area contributed by atoms with E-state index >= 15 is 0 Å². The van der Waals surface area contributed by atoms with E-state index in [9.17, 15) is 8.42 Å². The Balaban J connectivity index is 2.88. The smallest absolute Gasteiger partial charge is 0.270 e. The van der Waals surface area contributed by atoms with E-state index in [0.29, 0.717) is 5.92 Å². The molecule has 1 aliphatic carbocycles. The van der Waals surface area contributed by atoms with Gasteiger partial charge < -0.3 is 0 Å². The van der Waals surface area contributed by atoms with Crippen molar-refractivity contribution >= 4 is 10.1 Å². The van der Waals surface area contributed by atoms with Crippen molar-refractivity contribution in [3.05, 3.63) is 23.1 Å². The summed E-state index contributed by atoms with van der Waals surface area (Å²) in [5.74, 6) is 0.417. The molecule has 0 saturated heterocycles. The largest absolute Gasteiger partial charge is 0.296 e. The quantitative estimate of drug-likeness (QED) is 0.616. The van der Waals surface area contributed by atoms with E-state index < -0.39 is 10.1 Å². The zero-order valence-electron chi connectivity index (χ0n) is 7.15. The molecule has 12 heavy (non-hydrogen) atoms. The Morgan fingerprint density at radius 1 is 1.58 bits per heavy atom. The predicted octanol–water partition coefficient (Wildman–Crippen LogP) is 1.44. The molecule has 0 spiro atoms. The average molecular weight is 188 g/mol. The van der Waals surface area contributed by atoms with E-state index in [1.165, 1.54) is 7.11 Å². The van der Waals surface area contributed by atoms with Crippen LogP contribution in [0.3, 0.4) is 0 Å². The molecule has 0 saturated carbocycles. The van der Waals surface area contributed by atoms with Gasteiger partial charge in [-0.1, -0.05) is 19.1 Å². The van der Waals surface area contributed by atoms with Crippen molar-refractivity contribution in [2.45, 2.75) is 13.3 Å². The van der Waals surface area contributed by atoms with E-state index in [4.69, 9.17) is 0 Å². The highest BCUT2D eigenvalue weighted by Gasteiger charge is 2.16. The molecular formula is C8H12O3S. The second-order valence-corrected chi connectivity index (χ2v) is 4.51. The van der Waals surface area contributed by atoms with Crippen molar-refractivity contribution < 1.29 is 12.6 Å². The van der Waals surface area contributed by atoms with Crippen LogP contribution in [0.2, 0.25) is 0 Å². The third-order valence-corrected chi connectivity index (χ3v) is 3.11. The molecule has 0 radical (unpaired) electrons. The number of hydrogen-bond acceptors (Lipinski definition) is 3. The fourth-order valence-corrected chi connectivity index (χ4v) is 1.73. The van der Waals surface area contributed by atoms with Crippen molar-refractivity contribution in [3.8, 4) is 0 Å². The summed E-state index contributed by atoms with van der Waals surface area (Å²) in [6.45, 7) is 2.03. The van der Waals surface area contributed by atoms with Crippen LogP contribution in [0.5, 0.6) is 0 Å². The number of allylic oxidation sites excluding steroid dienone is 3. The molecule has 0 N–H and O–H groups in total. The van der Waals surface area contributed by atoms with Gasteiger partial charge in [-0.2, -0.15) is 8.42 Å². The Morgan fingerprint density at radius 3 is 2.67 bits per heavy atom. The second kappa shape index (κ2) is 3.41. The minimum absolute atomic E-state index is 0.267. The van der Waals surface area contributed by atoms with Crippen LogP contribution in [0.4, 0.5) is 0 Å². The first-order valence-corrected chi connectivity index (χ1v) is 5.16. The molecule has 1 unspecified atom stereocenters. The molecule has 1 aliphatic rings. The van der Waals surface area contributed by atoms with Crippen LogP contribution in [0.15, 0.2) is 23.1 Å². The van der Waals surface area contributed by atoms with Gasteiger partial charge in [0.1, 0.15) is 0 Å². The molecule has 4 heteroatoms.